The first kappa shape index (κ1) is 33.7. The van der Waals surface area contributed by atoms with Gasteiger partial charge in [0.05, 0.1) is 10.6 Å². The molecule has 4 rings (SSSR count). The number of nitrogens with zero attached hydrogens (tertiary/aromatic N) is 2. The van der Waals surface area contributed by atoms with Gasteiger partial charge in [-0.05, 0) is 73.9 Å². The average molecular weight is 650 g/mol. The largest absolute Gasteiger partial charge is 0.352 e. The third-order valence-corrected chi connectivity index (χ3v) is 9.73. The van der Waals surface area contributed by atoms with Crippen LogP contribution in [0.25, 0.3) is 0 Å². The Morgan fingerprint density at radius 1 is 0.889 bits per heavy atom. The van der Waals surface area contributed by atoms with E-state index in [-0.39, 0.29) is 35.5 Å². The van der Waals surface area contributed by atoms with Crippen LogP contribution < -0.4 is 9.62 Å². The van der Waals surface area contributed by atoms with Crippen LogP contribution >= 0.6 is 11.6 Å². The van der Waals surface area contributed by atoms with Crippen molar-refractivity contribution in [2.75, 3.05) is 10.8 Å². The van der Waals surface area contributed by atoms with Crippen LogP contribution in [0.3, 0.4) is 0 Å². The molecule has 0 aliphatic carbocycles. The molecule has 10 heteroatoms. The van der Waals surface area contributed by atoms with Gasteiger partial charge >= 0.3 is 0 Å². The highest BCUT2D eigenvalue weighted by molar-refractivity contribution is 7.92. The van der Waals surface area contributed by atoms with Crippen molar-refractivity contribution in [2.24, 2.45) is 0 Å². The molecule has 0 radical (unpaired) electrons. The van der Waals surface area contributed by atoms with Gasteiger partial charge in [-0.25, -0.2) is 12.8 Å². The van der Waals surface area contributed by atoms with Gasteiger partial charge in [0.2, 0.25) is 11.8 Å². The summed E-state index contributed by atoms with van der Waals surface area (Å²) in [5, 5.41) is 3.41. The van der Waals surface area contributed by atoms with Gasteiger partial charge < -0.3 is 10.2 Å². The first-order chi connectivity index (χ1) is 21.5. The third-order valence-electron chi connectivity index (χ3n) is 7.57. The van der Waals surface area contributed by atoms with Crippen molar-refractivity contribution in [3.05, 3.63) is 131 Å². The van der Waals surface area contributed by atoms with E-state index >= 15 is 0 Å². The Morgan fingerprint density at radius 2 is 1.51 bits per heavy atom. The SMILES string of the molecule is CC[C@@H](C)NC(=O)[C@H](Cc1ccccc1)N(Cc1ccccc1Cl)C(=O)CN(c1ccc(C)cc1)S(=O)(=O)c1ccc(F)cc1. The number of aryl methyl sites for hydroxylation is 1. The van der Waals surface area contributed by atoms with Crippen LogP contribution in [0, 0.1) is 12.7 Å². The highest BCUT2D eigenvalue weighted by Crippen LogP contribution is 2.26. The number of nitrogens with one attached hydrogen (secondary N) is 1. The Hall–Kier alpha value is -4.21. The molecule has 4 aromatic carbocycles. The number of halogens is 2. The van der Waals surface area contributed by atoms with Gasteiger partial charge in [0.1, 0.15) is 18.4 Å². The summed E-state index contributed by atoms with van der Waals surface area (Å²) < 4.78 is 42.8. The van der Waals surface area contributed by atoms with Crippen molar-refractivity contribution in [2.45, 2.75) is 57.1 Å². The number of carbonyl (C=O) groups excluding carboxylic acids is 2. The Labute approximate surface area is 269 Å². The summed E-state index contributed by atoms with van der Waals surface area (Å²) in [6, 6.07) is 26.3. The van der Waals surface area contributed by atoms with Crippen LogP contribution in [0.1, 0.15) is 37.0 Å². The summed E-state index contributed by atoms with van der Waals surface area (Å²) in [6.45, 7) is 5.04. The Bertz CT molecular complexity index is 1700. The number of anilines is 1. The minimum absolute atomic E-state index is 0.0394. The summed E-state index contributed by atoms with van der Waals surface area (Å²) in [4.78, 5) is 29.6. The van der Waals surface area contributed by atoms with E-state index < -0.39 is 34.3 Å². The minimum atomic E-state index is -4.33. The molecule has 0 bridgehead atoms. The average Bonchev–Trinajstić information content (AvgIpc) is 3.03. The van der Waals surface area contributed by atoms with E-state index in [1.54, 1.807) is 48.5 Å². The van der Waals surface area contributed by atoms with Crippen molar-refractivity contribution < 1.29 is 22.4 Å². The number of amides is 2. The van der Waals surface area contributed by atoms with E-state index in [0.717, 1.165) is 39.7 Å². The number of sulfonamides is 1. The van der Waals surface area contributed by atoms with Gasteiger partial charge in [0, 0.05) is 24.0 Å². The number of hydrogen-bond acceptors (Lipinski definition) is 4. The first-order valence-corrected chi connectivity index (χ1v) is 16.5. The normalized spacial score (nSPS) is 12.6. The molecule has 0 saturated heterocycles. The zero-order chi connectivity index (χ0) is 32.6. The maximum atomic E-state index is 14.5. The predicted molar refractivity (Wildman–Crippen MR) is 176 cm³/mol. The van der Waals surface area contributed by atoms with Crippen LogP contribution in [0.2, 0.25) is 5.02 Å². The van der Waals surface area contributed by atoms with E-state index in [2.05, 4.69) is 5.32 Å². The Morgan fingerprint density at radius 3 is 2.13 bits per heavy atom. The van der Waals surface area contributed by atoms with Crippen LogP contribution in [0.5, 0.6) is 0 Å². The summed E-state index contributed by atoms with van der Waals surface area (Å²) >= 11 is 6.53. The summed E-state index contributed by atoms with van der Waals surface area (Å²) in [7, 11) is -4.33. The molecule has 0 spiro atoms. The molecule has 4 aromatic rings. The van der Waals surface area contributed by atoms with E-state index in [0.29, 0.717) is 17.0 Å². The second kappa shape index (κ2) is 15.2. The maximum Gasteiger partial charge on any atom is 0.264 e. The lowest BCUT2D eigenvalue weighted by Crippen LogP contribution is -2.54. The highest BCUT2D eigenvalue weighted by atomic mass is 35.5. The molecule has 0 saturated carbocycles. The van der Waals surface area contributed by atoms with Crippen LogP contribution in [0.4, 0.5) is 10.1 Å². The number of carbonyl (C=O) groups is 2. The van der Waals surface area contributed by atoms with Crippen LogP contribution in [-0.2, 0) is 32.6 Å². The van der Waals surface area contributed by atoms with Gasteiger partial charge in [-0.3, -0.25) is 13.9 Å². The highest BCUT2D eigenvalue weighted by Gasteiger charge is 2.35. The third kappa shape index (κ3) is 8.71. The molecule has 0 unspecified atom stereocenters. The Kier molecular flexibility index (Phi) is 11.4. The van der Waals surface area contributed by atoms with E-state index in [1.165, 1.54) is 4.90 Å². The molecule has 0 aromatic heterocycles. The molecular formula is C35H37ClFN3O4S. The first-order valence-electron chi connectivity index (χ1n) is 14.7. The maximum absolute atomic E-state index is 14.5. The molecule has 7 nitrogen and oxygen atoms in total. The van der Waals surface area contributed by atoms with Crippen molar-refractivity contribution >= 4 is 39.1 Å². The lowest BCUT2D eigenvalue weighted by molar-refractivity contribution is -0.140. The fraction of sp³-hybridized carbons (Fsp3) is 0.257. The lowest BCUT2D eigenvalue weighted by atomic mass is 10.0. The number of hydrogen-bond donors (Lipinski definition) is 1. The van der Waals surface area contributed by atoms with Crippen LogP contribution in [-0.4, -0.2) is 43.8 Å². The zero-order valence-corrected chi connectivity index (χ0v) is 27.1. The summed E-state index contributed by atoms with van der Waals surface area (Å²) in [6.07, 6.45) is 0.869. The predicted octanol–water partition coefficient (Wildman–Crippen LogP) is 6.54. The van der Waals surface area contributed by atoms with Gasteiger partial charge in [-0.15, -0.1) is 0 Å². The van der Waals surface area contributed by atoms with Gasteiger partial charge in [-0.2, -0.15) is 0 Å². The second-order valence-electron chi connectivity index (χ2n) is 10.9. The summed E-state index contributed by atoms with van der Waals surface area (Å²) in [5.41, 5.74) is 2.58. The molecule has 0 heterocycles. The van der Waals surface area contributed by atoms with Crippen molar-refractivity contribution in [3.8, 4) is 0 Å². The zero-order valence-electron chi connectivity index (χ0n) is 25.5. The van der Waals surface area contributed by atoms with Gasteiger partial charge in [-0.1, -0.05) is 84.8 Å². The van der Waals surface area contributed by atoms with Crippen molar-refractivity contribution in [1.82, 2.24) is 10.2 Å². The quantitative estimate of drug-likeness (QED) is 0.178. The van der Waals surface area contributed by atoms with E-state index in [4.69, 9.17) is 11.6 Å². The molecule has 45 heavy (non-hydrogen) atoms. The lowest BCUT2D eigenvalue weighted by Gasteiger charge is -2.34. The second-order valence-corrected chi connectivity index (χ2v) is 13.2. The molecule has 2 amide bonds. The fourth-order valence-corrected chi connectivity index (χ4v) is 6.39. The Balaban J connectivity index is 1.81. The van der Waals surface area contributed by atoms with E-state index in [1.807, 2.05) is 51.1 Å². The van der Waals surface area contributed by atoms with Crippen molar-refractivity contribution in [1.29, 1.82) is 0 Å². The van der Waals surface area contributed by atoms with Gasteiger partial charge in [0.15, 0.2) is 0 Å². The number of benzene rings is 4. The molecule has 236 valence electrons. The molecule has 0 fully saturated rings. The van der Waals surface area contributed by atoms with Gasteiger partial charge in [0.25, 0.3) is 10.0 Å². The standard InChI is InChI=1S/C35H37ClFN3O4S/c1-4-26(3)38-35(42)33(22-27-10-6-5-7-11-27)39(23-28-12-8-9-13-32(28)36)34(41)24-40(30-18-14-25(2)15-19-30)45(43,44)31-20-16-29(37)17-21-31/h5-21,26,33H,4,22-24H2,1-3H3,(H,38,42)/t26-,33+/m1/s1. The molecule has 2 atom stereocenters. The molecule has 0 aliphatic rings. The molecule has 0 aliphatic heterocycles. The van der Waals surface area contributed by atoms with Crippen molar-refractivity contribution in [3.63, 3.8) is 0 Å². The van der Waals surface area contributed by atoms with E-state index in [9.17, 15) is 22.4 Å². The smallest absolute Gasteiger partial charge is 0.264 e. The van der Waals surface area contributed by atoms with Crippen LogP contribution in [0.15, 0.2) is 108 Å². The monoisotopic (exact) mass is 649 g/mol. The topological polar surface area (TPSA) is 86.8 Å². The molecular weight excluding hydrogens is 613 g/mol. The number of rotatable bonds is 13. The minimum Gasteiger partial charge on any atom is -0.352 e. The summed E-state index contributed by atoms with van der Waals surface area (Å²) in [5.74, 6) is -1.56. The fourth-order valence-electron chi connectivity index (χ4n) is 4.78. The molecule has 1 N–H and O–H groups in total.